The maximum Gasteiger partial charge on any atom is 0.308 e. The molecule has 1 aromatic carbocycles. The number of nitriles is 1. The number of ether oxygens (including phenoxy) is 1. The molecule has 0 saturated heterocycles. The van der Waals surface area contributed by atoms with E-state index in [4.69, 9.17) is 15.1 Å². The number of nitrogens with zero attached hydrogens (tertiary/aromatic N) is 1. The Morgan fingerprint density at radius 2 is 2.17 bits per heavy atom. The molecule has 0 bridgehead atoms. The van der Waals surface area contributed by atoms with Gasteiger partial charge in [0.1, 0.15) is 11.8 Å². The Bertz CT molecular complexity index is 480. The molecule has 0 aliphatic carbocycles. The molecule has 0 aliphatic rings. The lowest BCUT2D eigenvalue weighted by molar-refractivity contribution is -0.141. The van der Waals surface area contributed by atoms with Crippen LogP contribution in [0.15, 0.2) is 18.2 Å². The van der Waals surface area contributed by atoms with Crippen LogP contribution in [0.2, 0.25) is 0 Å². The van der Waals surface area contributed by atoms with Gasteiger partial charge in [-0.3, -0.25) is 4.79 Å². The van der Waals surface area contributed by atoms with E-state index in [1.807, 2.05) is 0 Å². The number of carbonyl (C=O) groups is 1. The van der Waals surface area contributed by atoms with Gasteiger partial charge in [-0.1, -0.05) is 6.07 Å². The van der Waals surface area contributed by atoms with Crippen LogP contribution in [0.3, 0.4) is 0 Å². The minimum atomic E-state index is -0.886. The normalized spacial score (nSPS) is 13.2. The SMILES string of the molecule is COc1cccc(C#N)c1NC(C)C(C)C(=O)O. The second-order valence-corrected chi connectivity index (χ2v) is 4.05. The van der Waals surface area contributed by atoms with Gasteiger partial charge in [-0.25, -0.2) is 0 Å². The van der Waals surface area contributed by atoms with Crippen LogP contribution < -0.4 is 10.1 Å². The number of nitrogens with one attached hydrogen (secondary N) is 1. The number of carboxylic acid groups (broad SMARTS) is 1. The van der Waals surface area contributed by atoms with Crippen LogP contribution in [-0.2, 0) is 4.79 Å². The summed E-state index contributed by atoms with van der Waals surface area (Å²) < 4.78 is 5.17. The van der Waals surface area contributed by atoms with Crippen molar-refractivity contribution < 1.29 is 14.6 Å². The zero-order valence-corrected chi connectivity index (χ0v) is 10.6. The van der Waals surface area contributed by atoms with Crippen LogP contribution in [0, 0.1) is 17.2 Å². The molecule has 0 heterocycles. The average molecular weight is 248 g/mol. The summed E-state index contributed by atoms with van der Waals surface area (Å²) in [5.74, 6) is -0.927. The van der Waals surface area contributed by atoms with Gasteiger partial charge < -0.3 is 15.2 Å². The van der Waals surface area contributed by atoms with Gasteiger partial charge in [0.25, 0.3) is 0 Å². The molecule has 5 nitrogen and oxygen atoms in total. The molecule has 2 unspecified atom stereocenters. The summed E-state index contributed by atoms with van der Waals surface area (Å²) >= 11 is 0. The van der Waals surface area contributed by atoms with Crippen molar-refractivity contribution in [2.45, 2.75) is 19.9 Å². The molecule has 18 heavy (non-hydrogen) atoms. The second-order valence-electron chi connectivity index (χ2n) is 4.05. The van der Waals surface area contributed by atoms with Crippen molar-refractivity contribution in [1.29, 1.82) is 5.26 Å². The van der Waals surface area contributed by atoms with Crippen LogP contribution >= 0.6 is 0 Å². The number of aliphatic carboxylic acids is 1. The van der Waals surface area contributed by atoms with Crippen molar-refractivity contribution in [2.24, 2.45) is 5.92 Å². The van der Waals surface area contributed by atoms with Gasteiger partial charge in [0, 0.05) is 6.04 Å². The zero-order valence-electron chi connectivity index (χ0n) is 10.6. The molecular formula is C13H16N2O3. The summed E-state index contributed by atoms with van der Waals surface area (Å²) in [6.07, 6.45) is 0. The Morgan fingerprint density at radius 1 is 1.50 bits per heavy atom. The average Bonchev–Trinajstić information content (AvgIpc) is 2.37. The maximum atomic E-state index is 10.9. The van der Waals surface area contributed by atoms with Gasteiger partial charge in [-0.2, -0.15) is 5.26 Å². The Kier molecular flexibility index (Phi) is 4.55. The monoisotopic (exact) mass is 248 g/mol. The molecule has 0 radical (unpaired) electrons. The zero-order chi connectivity index (χ0) is 13.7. The van der Waals surface area contributed by atoms with Crippen molar-refractivity contribution in [1.82, 2.24) is 0 Å². The van der Waals surface area contributed by atoms with Crippen molar-refractivity contribution in [3.63, 3.8) is 0 Å². The molecule has 5 heteroatoms. The molecule has 96 valence electrons. The molecule has 0 saturated carbocycles. The molecule has 1 rings (SSSR count). The first-order valence-corrected chi connectivity index (χ1v) is 5.57. The topological polar surface area (TPSA) is 82.3 Å². The number of hydrogen-bond acceptors (Lipinski definition) is 4. The van der Waals surface area contributed by atoms with Crippen molar-refractivity contribution >= 4 is 11.7 Å². The quantitative estimate of drug-likeness (QED) is 0.833. The molecule has 0 spiro atoms. The van der Waals surface area contributed by atoms with E-state index in [-0.39, 0.29) is 6.04 Å². The lowest BCUT2D eigenvalue weighted by atomic mass is 10.0. The molecular weight excluding hydrogens is 232 g/mol. The second kappa shape index (κ2) is 5.92. The Hall–Kier alpha value is -2.22. The van der Waals surface area contributed by atoms with E-state index in [9.17, 15) is 4.79 Å². The van der Waals surface area contributed by atoms with E-state index >= 15 is 0 Å². The lowest BCUT2D eigenvalue weighted by Crippen LogP contribution is -2.30. The molecule has 2 atom stereocenters. The van der Waals surface area contributed by atoms with Crippen LogP contribution in [0.5, 0.6) is 5.75 Å². The molecule has 0 amide bonds. The van der Waals surface area contributed by atoms with E-state index in [1.54, 1.807) is 32.0 Å². The van der Waals surface area contributed by atoms with E-state index in [0.29, 0.717) is 17.0 Å². The van der Waals surface area contributed by atoms with Crippen molar-refractivity contribution in [3.05, 3.63) is 23.8 Å². The Labute approximate surface area is 106 Å². The predicted molar refractivity (Wildman–Crippen MR) is 67.6 cm³/mol. The summed E-state index contributed by atoms with van der Waals surface area (Å²) in [5, 5.41) is 21.0. The van der Waals surface area contributed by atoms with Gasteiger partial charge >= 0.3 is 5.97 Å². The maximum absolute atomic E-state index is 10.9. The first-order chi connectivity index (χ1) is 8.51. The first kappa shape index (κ1) is 13.8. The number of rotatable bonds is 5. The Balaban J connectivity index is 3.03. The lowest BCUT2D eigenvalue weighted by Gasteiger charge is -2.21. The van der Waals surface area contributed by atoms with Crippen LogP contribution in [0.25, 0.3) is 0 Å². The van der Waals surface area contributed by atoms with Crippen LogP contribution in [-0.4, -0.2) is 24.2 Å². The largest absolute Gasteiger partial charge is 0.495 e. The third kappa shape index (κ3) is 2.92. The third-order valence-corrected chi connectivity index (χ3v) is 2.88. The van der Waals surface area contributed by atoms with E-state index in [1.165, 1.54) is 7.11 Å². The van der Waals surface area contributed by atoms with E-state index in [2.05, 4.69) is 11.4 Å². The Morgan fingerprint density at radius 3 is 2.67 bits per heavy atom. The smallest absolute Gasteiger partial charge is 0.308 e. The minimum Gasteiger partial charge on any atom is -0.495 e. The number of hydrogen-bond donors (Lipinski definition) is 2. The molecule has 0 aliphatic heterocycles. The van der Waals surface area contributed by atoms with Crippen molar-refractivity contribution in [3.8, 4) is 11.8 Å². The van der Waals surface area contributed by atoms with Gasteiger partial charge in [-0.15, -0.1) is 0 Å². The summed E-state index contributed by atoms with van der Waals surface area (Å²) in [6.45, 7) is 3.37. The van der Waals surface area contributed by atoms with Gasteiger partial charge in [0.15, 0.2) is 0 Å². The predicted octanol–water partition coefficient (Wildman–Crippen LogP) is 2.09. The number of benzene rings is 1. The molecule has 0 aromatic heterocycles. The van der Waals surface area contributed by atoms with Crippen molar-refractivity contribution in [2.75, 3.05) is 12.4 Å². The summed E-state index contributed by atoms with van der Waals surface area (Å²) in [5.41, 5.74) is 0.960. The summed E-state index contributed by atoms with van der Waals surface area (Å²) in [4.78, 5) is 10.9. The molecule has 1 aromatic rings. The third-order valence-electron chi connectivity index (χ3n) is 2.88. The number of methoxy groups -OCH3 is 1. The fourth-order valence-corrected chi connectivity index (χ4v) is 1.51. The minimum absolute atomic E-state index is 0.314. The fourth-order valence-electron chi connectivity index (χ4n) is 1.51. The summed E-state index contributed by atoms with van der Waals surface area (Å²) in [7, 11) is 1.51. The fraction of sp³-hybridized carbons (Fsp3) is 0.385. The highest BCUT2D eigenvalue weighted by atomic mass is 16.5. The highest BCUT2D eigenvalue weighted by Gasteiger charge is 2.21. The van der Waals surface area contributed by atoms with Gasteiger partial charge in [-0.05, 0) is 26.0 Å². The van der Waals surface area contributed by atoms with Gasteiger partial charge in [0.05, 0.1) is 24.3 Å². The van der Waals surface area contributed by atoms with Crippen LogP contribution in [0.4, 0.5) is 5.69 Å². The van der Waals surface area contributed by atoms with Crippen LogP contribution in [0.1, 0.15) is 19.4 Å². The van der Waals surface area contributed by atoms with E-state index in [0.717, 1.165) is 0 Å². The number of anilines is 1. The number of para-hydroxylation sites is 1. The standard InChI is InChI=1S/C13H16N2O3/c1-8(13(16)17)9(2)15-12-10(7-14)5-4-6-11(12)18-3/h4-6,8-9,15H,1-3H3,(H,16,17). The highest BCUT2D eigenvalue weighted by molar-refractivity contribution is 5.72. The first-order valence-electron chi connectivity index (χ1n) is 5.57. The summed E-state index contributed by atoms with van der Waals surface area (Å²) in [6, 6.07) is 6.84. The van der Waals surface area contributed by atoms with E-state index < -0.39 is 11.9 Å². The molecule has 2 N–H and O–H groups in total. The highest BCUT2D eigenvalue weighted by Crippen LogP contribution is 2.29. The van der Waals surface area contributed by atoms with Gasteiger partial charge in [0.2, 0.25) is 0 Å². The molecule has 0 fully saturated rings. The number of carboxylic acids is 1.